The molecule has 1 heterocycles. The Hall–Kier alpha value is -1.80. The van der Waals surface area contributed by atoms with Gasteiger partial charge in [-0.3, -0.25) is 5.10 Å². The summed E-state index contributed by atoms with van der Waals surface area (Å²) in [5.41, 5.74) is 0.513. The van der Waals surface area contributed by atoms with E-state index >= 15 is 0 Å². The highest BCUT2D eigenvalue weighted by Crippen LogP contribution is 2.11. The minimum atomic E-state index is -3.53. The molecule has 1 aromatic carbocycles. The Balaban J connectivity index is 2.04. The van der Waals surface area contributed by atoms with Crippen LogP contribution in [0.5, 0.6) is 0 Å². The zero-order chi connectivity index (χ0) is 13.9. The lowest BCUT2D eigenvalue weighted by Gasteiger charge is -2.11. The van der Waals surface area contributed by atoms with Crippen molar-refractivity contribution >= 4 is 10.0 Å². The van der Waals surface area contributed by atoms with Crippen LogP contribution in [-0.2, 0) is 15.8 Å². The molecule has 8 heteroatoms. The molecule has 0 amide bonds. The van der Waals surface area contributed by atoms with Gasteiger partial charge in [0.25, 0.3) is 0 Å². The molecule has 0 radical (unpaired) electrons. The highest BCUT2D eigenvalue weighted by atomic mass is 32.2. The first-order chi connectivity index (χ1) is 8.96. The van der Waals surface area contributed by atoms with Gasteiger partial charge in [-0.25, -0.2) is 22.5 Å². The van der Waals surface area contributed by atoms with E-state index in [1.54, 1.807) is 6.92 Å². The number of rotatable bonds is 5. The molecular weight excluding hydrogens is 271 g/mol. The number of H-pyrrole nitrogens is 1. The lowest BCUT2D eigenvalue weighted by Crippen LogP contribution is -2.28. The van der Waals surface area contributed by atoms with Crippen LogP contribution in [0.2, 0.25) is 0 Å². The molecule has 102 valence electrons. The molecule has 0 aliphatic rings. The van der Waals surface area contributed by atoms with Crippen LogP contribution in [0, 0.1) is 5.82 Å². The molecule has 0 saturated carbocycles. The van der Waals surface area contributed by atoms with Crippen molar-refractivity contribution in [3.8, 4) is 0 Å². The van der Waals surface area contributed by atoms with Gasteiger partial charge in [-0.15, -0.1) is 0 Å². The molecule has 1 unspecified atom stereocenters. The molecular formula is C11H13FN4O2S. The van der Waals surface area contributed by atoms with Gasteiger partial charge in [0, 0.05) is 0 Å². The van der Waals surface area contributed by atoms with Gasteiger partial charge in [-0.1, -0.05) is 12.1 Å². The number of hydrogen-bond donors (Lipinski definition) is 2. The van der Waals surface area contributed by atoms with Crippen molar-refractivity contribution in [2.45, 2.75) is 18.7 Å². The van der Waals surface area contributed by atoms with Crippen molar-refractivity contribution in [3.63, 3.8) is 0 Å². The minimum absolute atomic E-state index is 0.217. The van der Waals surface area contributed by atoms with Crippen molar-refractivity contribution in [1.82, 2.24) is 19.9 Å². The van der Waals surface area contributed by atoms with Gasteiger partial charge in [0.15, 0.2) is 0 Å². The van der Waals surface area contributed by atoms with Gasteiger partial charge < -0.3 is 0 Å². The van der Waals surface area contributed by atoms with E-state index in [9.17, 15) is 12.8 Å². The summed E-state index contributed by atoms with van der Waals surface area (Å²) in [5.74, 6) is -0.182. The van der Waals surface area contributed by atoms with E-state index in [0.717, 1.165) is 0 Å². The maximum atomic E-state index is 12.7. The molecule has 0 aliphatic heterocycles. The Kier molecular flexibility index (Phi) is 3.91. The highest BCUT2D eigenvalue weighted by Gasteiger charge is 2.18. The van der Waals surface area contributed by atoms with E-state index in [0.29, 0.717) is 11.4 Å². The third kappa shape index (κ3) is 3.83. The van der Waals surface area contributed by atoms with Crippen molar-refractivity contribution in [2.24, 2.45) is 0 Å². The summed E-state index contributed by atoms with van der Waals surface area (Å²) < 4.78 is 39.0. The van der Waals surface area contributed by atoms with Crippen molar-refractivity contribution in [2.75, 3.05) is 0 Å². The Morgan fingerprint density at radius 3 is 2.63 bits per heavy atom. The van der Waals surface area contributed by atoms with E-state index in [1.165, 1.54) is 30.6 Å². The first-order valence-corrected chi connectivity index (χ1v) is 7.21. The van der Waals surface area contributed by atoms with Crippen molar-refractivity contribution < 1.29 is 12.8 Å². The number of nitrogens with one attached hydrogen (secondary N) is 2. The second-order valence-electron chi connectivity index (χ2n) is 4.10. The summed E-state index contributed by atoms with van der Waals surface area (Å²) in [6, 6.07) is 4.82. The Labute approximate surface area is 110 Å². The molecule has 1 atom stereocenters. The molecule has 1 aromatic heterocycles. The third-order valence-corrected chi connectivity index (χ3v) is 3.90. The van der Waals surface area contributed by atoms with Crippen LogP contribution in [0.3, 0.4) is 0 Å². The number of sulfonamides is 1. The Bertz CT molecular complexity index is 625. The quantitative estimate of drug-likeness (QED) is 0.861. The molecule has 6 nitrogen and oxygen atoms in total. The molecule has 0 saturated heterocycles. The molecule has 2 rings (SSSR count). The number of halogens is 1. The summed E-state index contributed by atoms with van der Waals surface area (Å²) in [7, 11) is -3.53. The number of benzene rings is 1. The number of aromatic amines is 1. The fourth-order valence-corrected chi connectivity index (χ4v) is 2.96. The van der Waals surface area contributed by atoms with Gasteiger partial charge in [0.05, 0.1) is 11.8 Å². The molecule has 19 heavy (non-hydrogen) atoms. The lowest BCUT2D eigenvalue weighted by molar-refractivity contribution is 0.559. The predicted molar refractivity (Wildman–Crippen MR) is 67.0 cm³/mol. The van der Waals surface area contributed by atoms with Crippen LogP contribution in [0.1, 0.15) is 24.4 Å². The molecule has 2 aromatic rings. The number of hydrogen-bond acceptors (Lipinski definition) is 4. The smallest absolute Gasteiger partial charge is 0.216 e. The summed E-state index contributed by atoms with van der Waals surface area (Å²) in [6.07, 6.45) is 1.31. The highest BCUT2D eigenvalue weighted by molar-refractivity contribution is 7.88. The SMILES string of the molecule is CC(NS(=O)(=O)Cc1ccc(F)cc1)c1ncn[nH]1. The van der Waals surface area contributed by atoms with Crippen molar-refractivity contribution in [1.29, 1.82) is 0 Å². The second-order valence-corrected chi connectivity index (χ2v) is 5.85. The standard InChI is InChI=1S/C11H13FN4O2S/c1-8(11-13-7-14-15-11)16-19(17,18)6-9-2-4-10(12)5-3-9/h2-5,7-8,16H,6H2,1H3,(H,13,14,15). The van der Waals surface area contributed by atoms with Crippen molar-refractivity contribution in [3.05, 3.63) is 47.8 Å². The van der Waals surface area contributed by atoms with Crippen LogP contribution < -0.4 is 4.72 Å². The average Bonchev–Trinajstić information content (AvgIpc) is 2.85. The van der Waals surface area contributed by atoms with E-state index in [2.05, 4.69) is 19.9 Å². The number of nitrogens with zero attached hydrogens (tertiary/aromatic N) is 2. The first-order valence-electron chi connectivity index (χ1n) is 5.56. The Morgan fingerprint density at radius 1 is 1.37 bits per heavy atom. The summed E-state index contributed by atoms with van der Waals surface area (Å²) >= 11 is 0. The van der Waals surface area contributed by atoms with Crippen LogP contribution in [0.25, 0.3) is 0 Å². The van der Waals surface area contributed by atoms with E-state index in [1.807, 2.05) is 0 Å². The van der Waals surface area contributed by atoms with Gasteiger partial charge in [0.2, 0.25) is 10.0 Å². The zero-order valence-corrected chi connectivity index (χ0v) is 11.0. The average molecular weight is 284 g/mol. The topological polar surface area (TPSA) is 87.7 Å². The summed E-state index contributed by atoms with van der Waals surface area (Å²) in [4.78, 5) is 3.88. The summed E-state index contributed by atoms with van der Waals surface area (Å²) in [6.45, 7) is 1.66. The fourth-order valence-electron chi connectivity index (χ4n) is 1.59. The normalized spacial score (nSPS) is 13.4. The lowest BCUT2D eigenvalue weighted by atomic mass is 10.2. The van der Waals surface area contributed by atoms with E-state index in [4.69, 9.17) is 0 Å². The van der Waals surface area contributed by atoms with Crippen LogP contribution >= 0.6 is 0 Å². The molecule has 0 aliphatic carbocycles. The van der Waals surface area contributed by atoms with Crippen LogP contribution in [-0.4, -0.2) is 23.6 Å². The van der Waals surface area contributed by atoms with Crippen LogP contribution in [0.15, 0.2) is 30.6 Å². The first kappa shape index (κ1) is 13.6. The maximum Gasteiger partial charge on any atom is 0.216 e. The monoisotopic (exact) mass is 284 g/mol. The summed E-state index contributed by atoms with van der Waals surface area (Å²) in [5, 5.41) is 6.25. The predicted octanol–water partition coefficient (Wildman–Crippen LogP) is 1.12. The fraction of sp³-hybridized carbons (Fsp3) is 0.273. The van der Waals surface area contributed by atoms with Gasteiger partial charge >= 0.3 is 0 Å². The Morgan fingerprint density at radius 2 is 2.05 bits per heavy atom. The molecule has 0 bridgehead atoms. The van der Waals surface area contributed by atoms with Gasteiger partial charge in [-0.2, -0.15) is 5.10 Å². The second kappa shape index (κ2) is 5.45. The maximum absolute atomic E-state index is 12.7. The van der Waals surface area contributed by atoms with Crippen LogP contribution in [0.4, 0.5) is 4.39 Å². The largest absolute Gasteiger partial charge is 0.262 e. The van der Waals surface area contributed by atoms with Gasteiger partial charge in [0.1, 0.15) is 18.0 Å². The minimum Gasteiger partial charge on any atom is -0.262 e. The molecule has 0 fully saturated rings. The third-order valence-electron chi connectivity index (χ3n) is 2.47. The zero-order valence-electron chi connectivity index (χ0n) is 10.2. The van der Waals surface area contributed by atoms with Gasteiger partial charge in [-0.05, 0) is 24.6 Å². The van der Waals surface area contributed by atoms with E-state index < -0.39 is 21.9 Å². The number of aromatic nitrogens is 3. The van der Waals surface area contributed by atoms with E-state index in [-0.39, 0.29) is 5.75 Å². The molecule has 2 N–H and O–H groups in total. The molecule has 0 spiro atoms.